The van der Waals surface area contributed by atoms with Crippen molar-refractivity contribution in [1.29, 1.82) is 0 Å². The number of nitrogens with zero attached hydrogens (tertiary/aromatic N) is 3. The number of carbonyl (C=O) groups is 1. The lowest BCUT2D eigenvalue weighted by atomic mass is 10.1. The smallest absolute Gasteiger partial charge is 0.151 e. The molecular weight excluding hydrogens is 226 g/mol. The minimum atomic E-state index is 0.103. The van der Waals surface area contributed by atoms with Crippen LogP contribution < -0.4 is 4.90 Å². The summed E-state index contributed by atoms with van der Waals surface area (Å²) >= 11 is 0. The molecule has 0 aliphatic heterocycles. The van der Waals surface area contributed by atoms with Crippen LogP contribution in [0.3, 0.4) is 0 Å². The largest absolute Gasteiger partial charge is 0.351 e. The van der Waals surface area contributed by atoms with Crippen molar-refractivity contribution in [3.63, 3.8) is 0 Å². The van der Waals surface area contributed by atoms with Gasteiger partial charge in [-0.1, -0.05) is 30.3 Å². The van der Waals surface area contributed by atoms with E-state index in [0.717, 1.165) is 11.3 Å². The van der Waals surface area contributed by atoms with Crippen LogP contribution in [0.25, 0.3) is 11.3 Å². The van der Waals surface area contributed by atoms with Crippen molar-refractivity contribution in [2.75, 3.05) is 18.5 Å². The van der Waals surface area contributed by atoms with Gasteiger partial charge in [-0.25, -0.2) is 0 Å². The summed E-state index contributed by atoms with van der Waals surface area (Å²) in [5, 5.41) is 8.31. The van der Waals surface area contributed by atoms with Gasteiger partial charge in [-0.3, -0.25) is 4.79 Å². The summed E-state index contributed by atoms with van der Waals surface area (Å²) in [5.41, 5.74) is 1.86. The van der Waals surface area contributed by atoms with E-state index in [0.29, 0.717) is 12.4 Å². The highest BCUT2D eigenvalue weighted by molar-refractivity contribution is 5.80. The quantitative estimate of drug-likeness (QED) is 0.823. The Labute approximate surface area is 106 Å². The molecule has 0 amide bonds. The Morgan fingerprint density at radius 3 is 2.39 bits per heavy atom. The first-order valence-corrected chi connectivity index (χ1v) is 5.76. The van der Waals surface area contributed by atoms with Crippen LogP contribution >= 0.6 is 0 Å². The molecule has 4 heteroatoms. The van der Waals surface area contributed by atoms with Crippen LogP contribution in [0.5, 0.6) is 0 Å². The molecule has 0 fully saturated rings. The van der Waals surface area contributed by atoms with E-state index in [2.05, 4.69) is 10.2 Å². The third kappa shape index (κ3) is 2.91. The Balaban J connectivity index is 2.18. The second kappa shape index (κ2) is 5.40. The Hall–Kier alpha value is -2.23. The first-order chi connectivity index (χ1) is 8.66. The molecule has 0 aliphatic rings. The summed E-state index contributed by atoms with van der Waals surface area (Å²) in [6.45, 7) is 1.90. The first-order valence-electron chi connectivity index (χ1n) is 5.76. The zero-order valence-corrected chi connectivity index (χ0v) is 10.5. The molecule has 2 aromatic rings. The highest BCUT2D eigenvalue weighted by Crippen LogP contribution is 2.17. The molecule has 1 heterocycles. The Morgan fingerprint density at radius 1 is 1.11 bits per heavy atom. The van der Waals surface area contributed by atoms with Crippen molar-refractivity contribution >= 4 is 11.6 Å². The Kier molecular flexibility index (Phi) is 3.67. The summed E-state index contributed by atoms with van der Waals surface area (Å²) in [6.07, 6.45) is 0. The maximum absolute atomic E-state index is 11.0. The molecule has 1 aromatic heterocycles. The molecule has 4 nitrogen and oxygen atoms in total. The van der Waals surface area contributed by atoms with Gasteiger partial charge in [-0.15, -0.1) is 10.2 Å². The zero-order chi connectivity index (χ0) is 13.0. The van der Waals surface area contributed by atoms with Gasteiger partial charge in [0.25, 0.3) is 0 Å². The van der Waals surface area contributed by atoms with Crippen LogP contribution in [-0.2, 0) is 4.79 Å². The zero-order valence-electron chi connectivity index (χ0n) is 10.5. The summed E-state index contributed by atoms with van der Waals surface area (Å²) in [5.74, 6) is 0.802. The van der Waals surface area contributed by atoms with Crippen LogP contribution in [0.15, 0.2) is 42.5 Å². The fourth-order valence-corrected chi connectivity index (χ4v) is 1.71. The molecule has 0 aliphatic carbocycles. The average molecular weight is 241 g/mol. The van der Waals surface area contributed by atoms with Crippen molar-refractivity contribution in [2.45, 2.75) is 6.92 Å². The molecule has 1 aromatic carbocycles. The maximum atomic E-state index is 11.0. The van der Waals surface area contributed by atoms with Gasteiger partial charge in [0.15, 0.2) is 5.82 Å². The number of hydrogen-bond donors (Lipinski definition) is 0. The average Bonchev–Trinajstić information content (AvgIpc) is 2.39. The SMILES string of the molecule is CC(=O)CN(C)c1ccc(-c2ccccc2)nn1. The molecule has 0 saturated carbocycles. The Morgan fingerprint density at radius 2 is 1.83 bits per heavy atom. The van der Waals surface area contributed by atoms with Gasteiger partial charge in [0, 0.05) is 12.6 Å². The first kappa shape index (κ1) is 12.2. The van der Waals surface area contributed by atoms with Crippen LogP contribution in [0, 0.1) is 0 Å². The number of Topliss-reactive ketones (excluding diaryl/α,β-unsaturated/α-hetero) is 1. The molecule has 18 heavy (non-hydrogen) atoms. The van der Waals surface area contributed by atoms with E-state index < -0.39 is 0 Å². The minimum absolute atomic E-state index is 0.103. The number of hydrogen-bond acceptors (Lipinski definition) is 4. The van der Waals surface area contributed by atoms with Crippen LogP contribution in [0.1, 0.15) is 6.92 Å². The van der Waals surface area contributed by atoms with Gasteiger partial charge < -0.3 is 4.90 Å². The van der Waals surface area contributed by atoms with Gasteiger partial charge in [-0.2, -0.15) is 0 Å². The highest BCUT2D eigenvalue weighted by atomic mass is 16.1. The van der Waals surface area contributed by atoms with Gasteiger partial charge >= 0.3 is 0 Å². The number of aromatic nitrogens is 2. The summed E-state index contributed by atoms with van der Waals surface area (Å²) < 4.78 is 0. The standard InChI is InChI=1S/C14H15N3O/c1-11(18)10-17(2)14-9-8-13(15-16-14)12-6-4-3-5-7-12/h3-9H,10H2,1-2H3. The number of benzene rings is 1. The molecular formula is C14H15N3O. The normalized spacial score (nSPS) is 10.1. The van der Waals surface area contributed by atoms with Gasteiger partial charge in [-0.05, 0) is 19.1 Å². The van der Waals surface area contributed by atoms with E-state index in [1.807, 2.05) is 49.5 Å². The predicted molar refractivity (Wildman–Crippen MR) is 71.4 cm³/mol. The fraction of sp³-hybridized carbons (Fsp3) is 0.214. The van der Waals surface area contributed by atoms with E-state index in [9.17, 15) is 4.79 Å². The molecule has 0 unspecified atom stereocenters. The van der Waals surface area contributed by atoms with Gasteiger partial charge in [0.2, 0.25) is 0 Å². The molecule has 0 radical (unpaired) electrons. The summed E-state index contributed by atoms with van der Waals surface area (Å²) in [7, 11) is 1.83. The summed E-state index contributed by atoms with van der Waals surface area (Å²) in [6, 6.07) is 13.7. The van der Waals surface area contributed by atoms with Crippen molar-refractivity contribution in [2.24, 2.45) is 0 Å². The van der Waals surface area contributed by atoms with E-state index in [4.69, 9.17) is 0 Å². The lowest BCUT2D eigenvalue weighted by Gasteiger charge is -2.15. The third-order valence-electron chi connectivity index (χ3n) is 2.57. The lowest BCUT2D eigenvalue weighted by molar-refractivity contribution is -0.115. The second-order valence-electron chi connectivity index (χ2n) is 4.20. The monoisotopic (exact) mass is 241 g/mol. The second-order valence-corrected chi connectivity index (χ2v) is 4.20. The van der Waals surface area contributed by atoms with E-state index in [-0.39, 0.29) is 5.78 Å². The van der Waals surface area contributed by atoms with Crippen LogP contribution in [0.2, 0.25) is 0 Å². The number of anilines is 1. The van der Waals surface area contributed by atoms with Crippen molar-refractivity contribution in [1.82, 2.24) is 10.2 Å². The third-order valence-corrected chi connectivity index (χ3v) is 2.57. The molecule has 92 valence electrons. The van der Waals surface area contributed by atoms with Crippen LogP contribution in [0.4, 0.5) is 5.82 Å². The van der Waals surface area contributed by atoms with Crippen molar-refractivity contribution < 1.29 is 4.79 Å². The van der Waals surface area contributed by atoms with Gasteiger partial charge in [0.05, 0.1) is 12.2 Å². The van der Waals surface area contributed by atoms with Gasteiger partial charge in [0.1, 0.15) is 5.78 Å². The summed E-state index contributed by atoms with van der Waals surface area (Å²) in [4.78, 5) is 12.8. The van der Waals surface area contributed by atoms with Crippen molar-refractivity contribution in [3.8, 4) is 11.3 Å². The van der Waals surface area contributed by atoms with Crippen LogP contribution in [-0.4, -0.2) is 29.6 Å². The lowest BCUT2D eigenvalue weighted by Crippen LogP contribution is -2.24. The molecule has 0 atom stereocenters. The van der Waals surface area contributed by atoms with E-state index in [1.165, 1.54) is 0 Å². The molecule has 0 N–H and O–H groups in total. The number of likely N-dealkylation sites (N-methyl/N-ethyl adjacent to an activating group) is 1. The molecule has 0 spiro atoms. The minimum Gasteiger partial charge on any atom is -0.351 e. The number of rotatable bonds is 4. The number of ketones is 1. The molecule has 2 rings (SSSR count). The highest BCUT2D eigenvalue weighted by Gasteiger charge is 2.06. The van der Waals surface area contributed by atoms with E-state index >= 15 is 0 Å². The fourth-order valence-electron chi connectivity index (χ4n) is 1.71. The predicted octanol–water partition coefficient (Wildman–Crippen LogP) is 2.17. The maximum Gasteiger partial charge on any atom is 0.151 e. The topological polar surface area (TPSA) is 46.1 Å². The Bertz CT molecular complexity index is 522. The molecule has 0 saturated heterocycles. The molecule has 0 bridgehead atoms. The van der Waals surface area contributed by atoms with Crippen molar-refractivity contribution in [3.05, 3.63) is 42.5 Å². The van der Waals surface area contributed by atoms with E-state index in [1.54, 1.807) is 11.8 Å². The number of carbonyl (C=O) groups excluding carboxylic acids is 1.